The normalized spacial score (nSPS) is 15.4. The maximum atomic E-state index is 10.5. The first kappa shape index (κ1) is 19.1. The monoisotopic (exact) mass is 361 g/mol. The fourth-order valence-electron chi connectivity index (χ4n) is 2.92. The number of fused-ring (bicyclic) bond motifs is 1. The van der Waals surface area contributed by atoms with Gasteiger partial charge in [-0.05, 0) is 32.4 Å². The van der Waals surface area contributed by atoms with Gasteiger partial charge in [0.15, 0.2) is 5.71 Å². The molecule has 25 heavy (non-hydrogen) atoms. The first-order valence-corrected chi connectivity index (χ1v) is 9.30. The molecule has 1 N–H and O–H groups in total. The van der Waals surface area contributed by atoms with Crippen molar-refractivity contribution in [2.45, 2.75) is 38.0 Å². The molecular formula is C19H23NO4S. The third kappa shape index (κ3) is 3.60. The Hall–Kier alpha value is -2.18. The van der Waals surface area contributed by atoms with Crippen LogP contribution in [-0.2, 0) is 15.5 Å². The van der Waals surface area contributed by atoms with E-state index in [0.717, 1.165) is 6.07 Å². The highest BCUT2D eigenvalue weighted by Gasteiger charge is 2.40. The zero-order chi connectivity index (χ0) is 19.0. The van der Waals surface area contributed by atoms with E-state index in [4.69, 9.17) is 5.11 Å². The van der Waals surface area contributed by atoms with Crippen LogP contribution in [0.5, 0.6) is 5.75 Å². The van der Waals surface area contributed by atoms with Gasteiger partial charge in [0, 0.05) is 18.6 Å². The number of phenols is 1. The summed E-state index contributed by atoms with van der Waals surface area (Å²) < 4.78 is 33.8. The molecule has 0 spiro atoms. The number of aryl methyl sites for hydroxylation is 1. The number of aromatic hydroxyl groups is 1. The number of phenolic OH excluding ortho intramolecular Hbond substituents is 1. The van der Waals surface area contributed by atoms with Gasteiger partial charge in [-0.1, -0.05) is 30.3 Å². The summed E-state index contributed by atoms with van der Waals surface area (Å²) in [4.78, 5) is -0.567. The Labute approximate surface area is 149 Å². The van der Waals surface area contributed by atoms with Gasteiger partial charge in [-0.3, -0.25) is 0 Å². The predicted molar refractivity (Wildman–Crippen MR) is 96.8 cm³/mol. The van der Waals surface area contributed by atoms with E-state index < -0.39 is 20.8 Å². The van der Waals surface area contributed by atoms with Crippen LogP contribution in [0.2, 0.25) is 0 Å². The molecule has 3 rings (SSSR count). The number of benzene rings is 2. The lowest BCUT2D eigenvalue weighted by molar-refractivity contribution is -0.403. The molecule has 5 nitrogen and oxygen atoms in total. The van der Waals surface area contributed by atoms with Gasteiger partial charge >= 0.3 is 0 Å². The van der Waals surface area contributed by atoms with Gasteiger partial charge in [-0.25, -0.2) is 13.0 Å². The van der Waals surface area contributed by atoms with Crippen LogP contribution in [0.4, 0.5) is 5.69 Å². The minimum atomic E-state index is -4.56. The highest BCUT2D eigenvalue weighted by Crippen LogP contribution is 2.38. The second kappa shape index (κ2) is 6.61. The maximum Gasteiger partial charge on any atom is 0.209 e. The van der Waals surface area contributed by atoms with Crippen molar-refractivity contribution >= 4 is 21.5 Å². The van der Waals surface area contributed by atoms with Crippen molar-refractivity contribution in [2.24, 2.45) is 0 Å². The molecule has 0 saturated heterocycles. The lowest BCUT2D eigenvalue weighted by Gasteiger charge is -2.14. The first-order valence-electron chi connectivity index (χ1n) is 7.89. The fourth-order valence-corrected chi connectivity index (χ4v) is 3.57. The minimum absolute atomic E-state index is 0.200. The molecule has 1 aliphatic rings. The van der Waals surface area contributed by atoms with E-state index in [9.17, 15) is 13.0 Å². The van der Waals surface area contributed by atoms with E-state index in [0.29, 0.717) is 5.56 Å². The zero-order valence-electron chi connectivity index (χ0n) is 15.1. The summed E-state index contributed by atoms with van der Waals surface area (Å²) in [7, 11) is -2.41. The van der Waals surface area contributed by atoms with Gasteiger partial charge < -0.3 is 9.66 Å². The molecule has 0 aliphatic carbocycles. The van der Waals surface area contributed by atoms with E-state index in [1.54, 1.807) is 0 Å². The highest BCUT2D eigenvalue weighted by atomic mass is 32.2. The predicted octanol–water partition coefficient (Wildman–Crippen LogP) is 3.32. The molecule has 134 valence electrons. The van der Waals surface area contributed by atoms with E-state index >= 15 is 0 Å². The van der Waals surface area contributed by atoms with Crippen molar-refractivity contribution in [3.63, 3.8) is 0 Å². The largest absolute Gasteiger partial charge is 0.744 e. The van der Waals surface area contributed by atoms with Crippen molar-refractivity contribution in [3.8, 4) is 5.75 Å². The Morgan fingerprint density at radius 3 is 2.16 bits per heavy atom. The van der Waals surface area contributed by atoms with Crippen molar-refractivity contribution < 1.29 is 22.7 Å². The number of hydrogen-bond acceptors (Lipinski definition) is 4. The zero-order valence-corrected chi connectivity index (χ0v) is 15.9. The Bertz CT molecular complexity index is 944. The second-order valence-corrected chi connectivity index (χ2v) is 8.01. The van der Waals surface area contributed by atoms with Gasteiger partial charge in [0.1, 0.15) is 22.9 Å². The Morgan fingerprint density at radius 1 is 1.04 bits per heavy atom. The van der Waals surface area contributed by atoms with E-state index in [1.165, 1.54) is 36.0 Å². The van der Waals surface area contributed by atoms with Crippen LogP contribution >= 0.6 is 0 Å². The summed E-state index contributed by atoms with van der Waals surface area (Å²) in [6.07, 6.45) is 0. The standard InChI is InChI=1S/C12H16N.C7H8O4S/c1-9-12(2,3)10-7-5-6-8-11(10)13(9)4;1-5-3-2-4-6(7(5)8)12(9,10)11/h5-8H,1-4H3;2-4,8H,1H3,(H,9,10,11)/q+1;/p-1. The van der Waals surface area contributed by atoms with Crippen LogP contribution in [0.3, 0.4) is 0 Å². The van der Waals surface area contributed by atoms with Crippen LogP contribution in [0.1, 0.15) is 31.9 Å². The molecule has 0 aromatic heterocycles. The van der Waals surface area contributed by atoms with E-state index in [1.807, 2.05) is 0 Å². The summed E-state index contributed by atoms with van der Waals surface area (Å²) in [5, 5.41) is 9.15. The molecule has 0 radical (unpaired) electrons. The maximum absolute atomic E-state index is 10.5. The summed E-state index contributed by atoms with van der Waals surface area (Å²) in [5.74, 6) is -0.465. The van der Waals surface area contributed by atoms with Crippen molar-refractivity contribution in [3.05, 3.63) is 53.6 Å². The average Bonchev–Trinajstić information content (AvgIpc) is 2.71. The SMILES string of the molecule is CC1=[N+](C)c2ccccc2C1(C)C.Cc1cccc(S(=O)(=O)[O-])c1O. The summed E-state index contributed by atoms with van der Waals surface area (Å²) in [6.45, 7) is 8.29. The lowest BCUT2D eigenvalue weighted by atomic mass is 9.82. The van der Waals surface area contributed by atoms with Crippen molar-refractivity contribution in [1.82, 2.24) is 0 Å². The smallest absolute Gasteiger partial charge is 0.209 e. The minimum Gasteiger partial charge on any atom is -0.744 e. The topological polar surface area (TPSA) is 80.4 Å². The number of rotatable bonds is 1. The molecule has 2 aromatic rings. The molecule has 0 amide bonds. The van der Waals surface area contributed by atoms with Gasteiger partial charge in [0.25, 0.3) is 0 Å². The van der Waals surface area contributed by atoms with E-state index in [2.05, 4.69) is 56.7 Å². The highest BCUT2D eigenvalue weighted by molar-refractivity contribution is 7.85. The van der Waals surface area contributed by atoms with Crippen LogP contribution in [-0.4, -0.2) is 35.4 Å². The number of para-hydroxylation sites is 2. The Balaban J connectivity index is 0.000000181. The van der Waals surface area contributed by atoms with Crippen LogP contribution in [0.15, 0.2) is 47.4 Å². The molecule has 2 aromatic carbocycles. The molecule has 6 heteroatoms. The average molecular weight is 361 g/mol. The summed E-state index contributed by atoms with van der Waals surface area (Å²) in [5.41, 5.74) is 4.78. The van der Waals surface area contributed by atoms with Gasteiger partial charge in [-0.2, -0.15) is 0 Å². The lowest BCUT2D eigenvalue weighted by Crippen LogP contribution is -2.25. The molecule has 0 unspecified atom stereocenters. The van der Waals surface area contributed by atoms with Gasteiger partial charge in [-0.15, -0.1) is 0 Å². The molecular weight excluding hydrogens is 338 g/mol. The quantitative estimate of drug-likeness (QED) is 0.624. The number of nitrogens with zero attached hydrogens (tertiary/aromatic N) is 1. The van der Waals surface area contributed by atoms with Crippen LogP contribution in [0, 0.1) is 6.92 Å². The molecule has 0 bridgehead atoms. The Kier molecular flexibility index (Phi) is 5.06. The third-order valence-corrected chi connectivity index (χ3v) is 5.68. The van der Waals surface area contributed by atoms with Gasteiger partial charge in [0.05, 0.1) is 10.3 Å². The fraction of sp³-hybridized carbons (Fsp3) is 0.316. The molecule has 0 saturated carbocycles. The summed E-state index contributed by atoms with van der Waals surface area (Å²) >= 11 is 0. The first-order chi connectivity index (χ1) is 11.5. The Morgan fingerprint density at radius 2 is 1.64 bits per heavy atom. The van der Waals surface area contributed by atoms with Gasteiger partial charge in [0.2, 0.25) is 5.69 Å². The second-order valence-electron chi connectivity index (χ2n) is 6.66. The van der Waals surface area contributed by atoms with Crippen LogP contribution < -0.4 is 0 Å². The van der Waals surface area contributed by atoms with Crippen molar-refractivity contribution in [1.29, 1.82) is 0 Å². The molecule has 0 atom stereocenters. The number of hydrogen-bond donors (Lipinski definition) is 1. The molecule has 0 fully saturated rings. The third-order valence-electron chi connectivity index (χ3n) is 4.82. The van der Waals surface area contributed by atoms with E-state index in [-0.39, 0.29) is 5.41 Å². The molecule has 1 aliphatic heterocycles. The van der Waals surface area contributed by atoms with Crippen molar-refractivity contribution in [2.75, 3.05) is 7.05 Å². The molecule has 1 heterocycles. The summed E-state index contributed by atoms with van der Waals surface area (Å²) in [6, 6.07) is 12.6. The van der Waals surface area contributed by atoms with Crippen LogP contribution in [0.25, 0.3) is 0 Å².